The Morgan fingerprint density at radius 3 is 2.17 bits per heavy atom. The molecule has 144 valence electrons. The van der Waals surface area contributed by atoms with E-state index in [9.17, 15) is 4.79 Å². The Hall–Kier alpha value is -0.0700. The smallest absolute Gasteiger partial charge is 0.240 e. The molecule has 2 aliphatic heterocycles. The number of nitrogens with zero attached hydrogens (tertiary/aromatic N) is 2. The van der Waals surface area contributed by atoms with Crippen LogP contribution in [0.1, 0.15) is 46.5 Å². The molecule has 0 aromatic rings. The maximum Gasteiger partial charge on any atom is 0.240 e. The zero-order chi connectivity index (χ0) is 16.2. The second-order valence-electron chi connectivity index (χ2n) is 7.79. The number of nitrogens with two attached hydrogens (primary N) is 1. The quantitative estimate of drug-likeness (QED) is 0.790. The van der Waals surface area contributed by atoms with Crippen LogP contribution in [0.5, 0.6) is 0 Å². The third-order valence-electron chi connectivity index (χ3n) is 4.91. The molecule has 24 heavy (non-hydrogen) atoms. The Labute approximate surface area is 159 Å². The normalized spacial score (nSPS) is 21.1. The van der Waals surface area contributed by atoms with Gasteiger partial charge in [0.05, 0.1) is 18.8 Å². The first-order valence-electron chi connectivity index (χ1n) is 8.76. The van der Waals surface area contributed by atoms with Gasteiger partial charge in [-0.2, -0.15) is 0 Å². The van der Waals surface area contributed by atoms with Gasteiger partial charge in [-0.1, -0.05) is 20.8 Å². The first-order chi connectivity index (χ1) is 10.4. The van der Waals surface area contributed by atoms with Crippen LogP contribution in [0.4, 0.5) is 0 Å². The predicted octanol–water partition coefficient (Wildman–Crippen LogP) is 2.31. The standard InChI is InChI=1S/C17H33N3O2.2ClH/c1-17(2,3)15(18)16(21)20-10-6-14(7-11-20)22-13-12-19-8-4-5-9-19;;/h14-15H,4-13,18H2,1-3H3;2*1H/t15-;;/m1../s1. The number of likely N-dealkylation sites (tertiary alicyclic amines) is 2. The summed E-state index contributed by atoms with van der Waals surface area (Å²) in [6, 6.07) is -0.417. The number of hydrogen-bond donors (Lipinski definition) is 1. The first kappa shape index (κ1) is 23.9. The second-order valence-corrected chi connectivity index (χ2v) is 7.79. The molecule has 2 aliphatic rings. The SMILES string of the molecule is CC(C)(C)[C@H](N)C(=O)N1CCC(OCCN2CCCC2)CC1.Cl.Cl. The molecule has 2 heterocycles. The van der Waals surface area contributed by atoms with Crippen molar-refractivity contribution in [3.8, 4) is 0 Å². The fourth-order valence-corrected chi connectivity index (χ4v) is 3.16. The van der Waals surface area contributed by atoms with E-state index in [0.717, 1.165) is 39.1 Å². The summed E-state index contributed by atoms with van der Waals surface area (Å²) in [5, 5.41) is 0. The molecule has 0 aromatic carbocycles. The van der Waals surface area contributed by atoms with Crippen LogP contribution in [0.3, 0.4) is 0 Å². The Kier molecular flexibility index (Phi) is 10.8. The number of halogens is 2. The van der Waals surface area contributed by atoms with Gasteiger partial charge >= 0.3 is 0 Å². The van der Waals surface area contributed by atoms with Crippen molar-refractivity contribution in [2.75, 3.05) is 39.3 Å². The highest BCUT2D eigenvalue weighted by atomic mass is 35.5. The molecule has 0 bridgehead atoms. The van der Waals surface area contributed by atoms with Crippen molar-refractivity contribution in [1.29, 1.82) is 0 Å². The molecule has 2 N–H and O–H groups in total. The third kappa shape index (κ3) is 7.04. The minimum Gasteiger partial charge on any atom is -0.377 e. The molecule has 5 nitrogen and oxygen atoms in total. The molecule has 0 aromatic heterocycles. The van der Waals surface area contributed by atoms with Crippen molar-refractivity contribution in [2.24, 2.45) is 11.1 Å². The van der Waals surface area contributed by atoms with E-state index in [0.29, 0.717) is 6.10 Å². The van der Waals surface area contributed by atoms with Crippen LogP contribution in [0.25, 0.3) is 0 Å². The Bertz CT molecular complexity index is 363. The highest BCUT2D eigenvalue weighted by Gasteiger charge is 2.33. The topological polar surface area (TPSA) is 58.8 Å². The molecular formula is C17H35Cl2N3O2. The molecule has 1 amide bonds. The highest BCUT2D eigenvalue weighted by molar-refractivity contribution is 5.85. The van der Waals surface area contributed by atoms with Crippen molar-refractivity contribution in [3.05, 3.63) is 0 Å². The van der Waals surface area contributed by atoms with Gasteiger partial charge in [-0.25, -0.2) is 0 Å². The summed E-state index contributed by atoms with van der Waals surface area (Å²) in [4.78, 5) is 16.8. The lowest BCUT2D eigenvalue weighted by Crippen LogP contribution is -2.53. The third-order valence-corrected chi connectivity index (χ3v) is 4.91. The second kappa shape index (κ2) is 10.8. The molecule has 2 saturated heterocycles. The van der Waals surface area contributed by atoms with Gasteiger partial charge in [-0.3, -0.25) is 4.79 Å². The van der Waals surface area contributed by atoms with Gasteiger partial charge in [0.1, 0.15) is 0 Å². The summed E-state index contributed by atoms with van der Waals surface area (Å²) in [6.07, 6.45) is 4.83. The van der Waals surface area contributed by atoms with Crippen LogP contribution in [0.15, 0.2) is 0 Å². The minimum absolute atomic E-state index is 0. The van der Waals surface area contributed by atoms with E-state index in [1.54, 1.807) is 0 Å². The largest absolute Gasteiger partial charge is 0.377 e. The maximum absolute atomic E-state index is 12.4. The van der Waals surface area contributed by atoms with E-state index in [1.807, 2.05) is 25.7 Å². The van der Waals surface area contributed by atoms with Crippen LogP contribution in [0, 0.1) is 5.41 Å². The lowest BCUT2D eigenvalue weighted by molar-refractivity contribution is -0.137. The number of carbonyl (C=O) groups excluding carboxylic acids is 1. The summed E-state index contributed by atoms with van der Waals surface area (Å²) in [6.45, 7) is 11.9. The molecule has 0 aliphatic carbocycles. The van der Waals surface area contributed by atoms with Crippen molar-refractivity contribution in [3.63, 3.8) is 0 Å². The summed E-state index contributed by atoms with van der Waals surface area (Å²) < 4.78 is 5.99. The molecule has 2 rings (SSSR count). The predicted molar refractivity (Wildman–Crippen MR) is 103 cm³/mol. The van der Waals surface area contributed by atoms with Gasteiger partial charge in [0, 0.05) is 19.6 Å². The number of amides is 1. The minimum atomic E-state index is -0.417. The average molecular weight is 384 g/mol. The molecule has 0 unspecified atom stereocenters. The lowest BCUT2D eigenvalue weighted by atomic mass is 9.86. The maximum atomic E-state index is 12.4. The average Bonchev–Trinajstić information content (AvgIpc) is 2.99. The Balaban J connectivity index is 0.00000264. The van der Waals surface area contributed by atoms with E-state index < -0.39 is 6.04 Å². The number of rotatable bonds is 5. The van der Waals surface area contributed by atoms with Crippen LogP contribution < -0.4 is 5.73 Å². The Morgan fingerprint density at radius 2 is 1.67 bits per heavy atom. The number of piperidine rings is 1. The first-order valence-corrected chi connectivity index (χ1v) is 8.76. The van der Waals surface area contributed by atoms with E-state index in [4.69, 9.17) is 10.5 Å². The van der Waals surface area contributed by atoms with Gasteiger partial charge in [0.25, 0.3) is 0 Å². The molecule has 7 heteroatoms. The van der Waals surface area contributed by atoms with Crippen LogP contribution in [-0.2, 0) is 9.53 Å². The van der Waals surface area contributed by atoms with E-state index in [-0.39, 0.29) is 36.1 Å². The summed E-state index contributed by atoms with van der Waals surface area (Å²) in [5.41, 5.74) is 5.90. The summed E-state index contributed by atoms with van der Waals surface area (Å²) >= 11 is 0. The van der Waals surface area contributed by atoms with Crippen LogP contribution >= 0.6 is 24.8 Å². The van der Waals surface area contributed by atoms with Crippen molar-refractivity contribution in [2.45, 2.75) is 58.6 Å². The molecule has 0 saturated carbocycles. The van der Waals surface area contributed by atoms with Crippen molar-refractivity contribution < 1.29 is 9.53 Å². The van der Waals surface area contributed by atoms with Gasteiger partial charge in [0.2, 0.25) is 5.91 Å². The zero-order valence-electron chi connectivity index (χ0n) is 15.3. The van der Waals surface area contributed by atoms with Gasteiger partial charge in [0.15, 0.2) is 0 Å². The summed E-state index contributed by atoms with van der Waals surface area (Å²) in [5.74, 6) is 0.0861. The highest BCUT2D eigenvalue weighted by Crippen LogP contribution is 2.21. The number of hydrogen-bond acceptors (Lipinski definition) is 4. The van der Waals surface area contributed by atoms with Crippen molar-refractivity contribution >= 4 is 30.7 Å². The van der Waals surface area contributed by atoms with Gasteiger partial charge in [-0.05, 0) is 44.2 Å². The molecular weight excluding hydrogens is 349 g/mol. The summed E-state index contributed by atoms with van der Waals surface area (Å²) in [7, 11) is 0. The molecule has 0 radical (unpaired) electrons. The molecule has 0 spiro atoms. The van der Waals surface area contributed by atoms with Gasteiger partial charge in [-0.15, -0.1) is 24.8 Å². The van der Waals surface area contributed by atoms with Crippen LogP contribution in [0.2, 0.25) is 0 Å². The van der Waals surface area contributed by atoms with Gasteiger partial charge < -0.3 is 20.3 Å². The number of ether oxygens (including phenoxy) is 1. The zero-order valence-corrected chi connectivity index (χ0v) is 17.0. The Morgan fingerprint density at radius 1 is 1.12 bits per heavy atom. The fourth-order valence-electron chi connectivity index (χ4n) is 3.16. The van der Waals surface area contributed by atoms with Crippen LogP contribution in [-0.4, -0.2) is 67.2 Å². The van der Waals surface area contributed by atoms with Crippen molar-refractivity contribution in [1.82, 2.24) is 9.80 Å². The number of carbonyl (C=O) groups is 1. The van der Waals surface area contributed by atoms with E-state index in [1.165, 1.54) is 25.9 Å². The fraction of sp³-hybridized carbons (Fsp3) is 0.941. The monoisotopic (exact) mass is 383 g/mol. The van der Waals surface area contributed by atoms with E-state index in [2.05, 4.69) is 4.90 Å². The molecule has 2 fully saturated rings. The molecule has 1 atom stereocenters. The van der Waals surface area contributed by atoms with E-state index >= 15 is 0 Å². The lowest BCUT2D eigenvalue weighted by Gasteiger charge is -2.36.